The number of rotatable bonds is 2. The summed E-state index contributed by atoms with van der Waals surface area (Å²) in [6.45, 7) is 11.1. The summed E-state index contributed by atoms with van der Waals surface area (Å²) in [5, 5.41) is 0. The number of Topliss-reactive ketones (excluding diaryl/α,β-unsaturated/α-hetero) is 1. The number of likely N-dealkylation sites (tertiary alicyclic amines) is 1. The van der Waals surface area contributed by atoms with Crippen LogP contribution in [-0.2, 0) is 4.79 Å². The van der Waals surface area contributed by atoms with Gasteiger partial charge in [-0.3, -0.25) is 9.69 Å². The van der Waals surface area contributed by atoms with Crippen LogP contribution in [0.25, 0.3) is 0 Å². The van der Waals surface area contributed by atoms with E-state index in [9.17, 15) is 4.79 Å². The Morgan fingerprint density at radius 3 is 2.33 bits per heavy atom. The lowest BCUT2D eigenvalue weighted by Crippen LogP contribution is -2.45. The smallest absolute Gasteiger partial charge is 0.155 e. The van der Waals surface area contributed by atoms with Crippen LogP contribution in [-0.4, -0.2) is 35.4 Å². The van der Waals surface area contributed by atoms with Gasteiger partial charge in [0.05, 0.1) is 6.04 Å². The second-order valence-corrected chi connectivity index (χ2v) is 5.92. The fourth-order valence-corrected chi connectivity index (χ4v) is 2.22. The zero-order valence-corrected chi connectivity index (χ0v) is 10.6. The molecule has 15 heavy (non-hydrogen) atoms. The minimum atomic E-state index is -0.262. The second kappa shape index (κ2) is 4.22. The highest BCUT2D eigenvalue weighted by molar-refractivity contribution is 5.89. The van der Waals surface area contributed by atoms with Crippen molar-refractivity contribution >= 4 is 5.78 Å². The third-order valence-electron chi connectivity index (χ3n) is 3.08. The van der Waals surface area contributed by atoms with Crippen LogP contribution in [0.5, 0.6) is 0 Å². The molecule has 2 atom stereocenters. The fourth-order valence-electron chi connectivity index (χ4n) is 2.22. The maximum absolute atomic E-state index is 12.2. The lowest BCUT2D eigenvalue weighted by atomic mass is 9.85. The van der Waals surface area contributed by atoms with Gasteiger partial charge in [-0.25, -0.2) is 0 Å². The summed E-state index contributed by atoms with van der Waals surface area (Å²) in [5.74, 6) is 0.323. The molecule has 0 spiro atoms. The van der Waals surface area contributed by atoms with E-state index >= 15 is 0 Å². The number of nitrogens with two attached hydrogens (primary N) is 1. The number of hydrogen-bond donors (Lipinski definition) is 1. The Balaban J connectivity index is 2.80. The summed E-state index contributed by atoms with van der Waals surface area (Å²) in [4.78, 5) is 14.5. The van der Waals surface area contributed by atoms with Gasteiger partial charge in [0.25, 0.3) is 0 Å². The third kappa shape index (κ3) is 2.79. The number of hydrogen-bond acceptors (Lipinski definition) is 3. The maximum Gasteiger partial charge on any atom is 0.155 e. The molecule has 1 saturated heterocycles. The van der Waals surface area contributed by atoms with Gasteiger partial charge in [0.15, 0.2) is 5.78 Å². The fraction of sp³-hybridized carbons (Fsp3) is 0.917. The van der Waals surface area contributed by atoms with Crippen LogP contribution in [0.2, 0.25) is 0 Å². The largest absolute Gasteiger partial charge is 0.326 e. The van der Waals surface area contributed by atoms with Gasteiger partial charge >= 0.3 is 0 Å². The van der Waals surface area contributed by atoms with E-state index in [0.29, 0.717) is 11.8 Å². The molecule has 1 heterocycles. The van der Waals surface area contributed by atoms with E-state index in [0.717, 1.165) is 13.0 Å². The first-order chi connectivity index (χ1) is 6.73. The van der Waals surface area contributed by atoms with Crippen LogP contribution in [0.1, 0.15) is 41.0 Å². The lowest BCUT2D eigenvalue weighted by molar-refractivity contribution is -0.131. The van der Waals surface area contributed by atoms with Crippen molar-refractivity contribution in [1.82, 2.24) is 4.90 Å². The topological polar surface area (TPSA) is 46.3 Å². The molecule has 1 rings (SSSR count). The van der Waals surface area contributed by atoms with Crippen LogP contribution >= 0.6 is 0 Å². The van der Waals surface area contributed by atoms with Crippen LogP contribution in [0.3, 0.4) is 0 Å². The number of carbonyl (C=O) groups excluding carboxylic acids is 1. The average molecular weight is 212 g/mol. The number of ketones is 1. The maximum atomic E-state index is 12.2. The summed E-state index contributed by atoms with van der Waals surface area (Å²) in [6, 6.07) is 0.582. The Morgan fingerprint density at radius 2 is 1.93 bits per heavy atom. The van der Waals surface area contributed by atoms with Gasteiger partial charge < -0.3 is 5.73 Å². The molecule has 0 bridgehead atoms. The van der Waals surface area contributed by atoms with Gasteiger partial charge in [-0.05, 0) is 20.3 Å². The van der Waals surface area contributed by atoms with Crippen LogP contribution in [0, 0.1) is 5.41 Å². The van der Waals surface area contributed by atoms with Gasteiger partial charge in [-0.2, -0.15) is 0 Å². The molecule has 0 aliphatic carbocycles. The third-order valence-corrected chi connectivity index (χ3v) is 3.08. The molecule has 0 unspecified atom stereocenters. The Bertz CT molecular complexity index is 242. The van der Waals surface area contributed by atoms with E-state index in [2.05, 4.69) is 18.7 Å². The van der Waals surface area contributed by atoms with E-state index in [1.165, 1.54) is 0 Å². The Morgan fingerprint density at radius 1 is 1.40 bits per heavy atom. The van der Waals surface area contributed by atoms with Crippen molar-refractivity contribution in [3.05, 3.63) is 0 Å². The highest BCUT2D eigenvalue weighted by Crippen LogP contribution is 2.27. The zero-order valence-electron chi connectivity index (χ0n) is 10.6. The van der Waals surface area contributed by atoms with Gasteiger partial charge in [0.2, 0.25) is 0 Å². The highest BCUT2D eigenvalue weighted by Gasteiger charge is 2.40. The standard InChI is InChI=1S/C12H24N2O/c1-8(2)14-7-9(13)6-10(14)11(15)12(3,4)5/h8-10H,6-7,13H2,1-5H3/t9-,10-/m0/s1. The molecule has 0 radical (unpaired) electrons. The normalized spacial score (nSPS) is 28.7. The van der Waals surface area contributed by atoms with Gasteiger partial charge in [-0.1, -0.05) is 20.8 Å². The Kier molecular flexibility index (Phi) is 3.56. The molecule has 0 amide bonds. The van der Waals surface area contributed by atoms with Crippen molar-refractivity contribution in [2.75, 3.05) is 6.54 Å². The monoisotopic (exact) mass is 212 g/mol. The summed E-state index contributed by atoms with van der Waals surface area (Å²) in [6.07, 6.45) is 0.814. The van der Waals surface area contributed by atoms with Crippen molar-refractivity contribution in [2.45, 2.75) is 59.2 Å². The molecular weight excluding hydrogens is 188 g/mol. The summed E-state index contributed by atoms with van der Waals surface area (Å²) >= 11 is 0. The molecule has 2 N–H and O–H groups in total. The van der Waals surface area contributed by atoms with E-state index in [1.807, 2.05) is 20.8 Å². The molecule has 3 heteroatoms. The van der Waals surface area contributed by atoms with Gasteiger partial charge in [-0.15, -0.1) is 0 Å². The predicted molar refractivity (Wildman–Crippen MR) is 62.7 cm³/mol. The average Bonchev–Trinajstić information content (AvgIpc) is 2.44. The SMILES string of the molecule is CC(C)N1C[C@@H](N)C[C@H]1C(=O)C(C)(C)C. The molecule has 0 aromatic heterocycles. The van der Waals surface area contributed by atoms with Crippen molar-refractivity contribution < 1.29 is 4.79 Å². The minimum absolute atomic E-state index is 0.0278. The number of carbonyl (C=O) groups is 1. The van der Waals surface area contributed by atoms with Crippen molar-refractivity contribution in [2.24, 2.45) is 11.1 Å². The molecule has 1 aliphatic rings. The number of nitrogens with zero attached hydrogens (tertiary/aromatic N) is 1. The van der Waals surface area contributed by atoms with Gasteiger partial charge in [0, 0.05) is 24.0 Å². The summed E-state index contributed by atoms with van der Waals surface area (Å²) in [7, 11) is 0. The van der Waals surface area contributed by atoms with E-state index in [4.69, 9.17) is 5.73 Å². The molecule has 0 aromatic carbocycles. The van der Waals surface area contributed by atoms with Crippen molar-refractivity contribution in [3.8, 4) is 0 Å². The molecule has 3 nitrogen and oxygen atoms in total. The Labute approximate surface area is 93.0 Å². The van der Waals surface area contributed by atoms with Crippen molar-refractivity contribution in [1.29, 1.82) is 0 Å². The summed E-state index contributed by atoms with van der Waals surface area (Å²) < 4.78 is 0. The minimum Gasteiger partial charge on any atom is -0.326 e. The zero-order chi connectivity index (χ0) is 11.8. The lowest BCUT2D eigenvalue weighted by Gasteiger charge is -2.31. The van der Waals surface area contributed by atoms with Crippen LogP contribution in [0.15, 0.2) is 0 Å². The first kappa shape index (κ1) is 12.7. The molecule has 88 valence electrons. The molecular formula is C12H24N2O. The van der Waals surface area contributed by atoms with Crippen molar-refractivity contribution in [3.63, 3.8) is 0 Å². The summed E-state index contributed by atoms with van der Waals surface area (Å²) in [5.41, 5.74) is 5.68. The highest BCUT2D eigenvalue weighted by atomic mass is 16.1. The molecule has 0 aromatic rings. The second-order valence-electron chi connectivity index (χ2n) is 5.92. The first-order valence-electron chi connectivity index (χ1n) is 5.79. The van der Waals surface area contributed by atoms with Crippen LogP contribution < -0.4 is 5.73 Å². The quantitative estimate of drug-likeness (QED) is 0.753. The Hall–Kier alpha value is -0.410. The molecule has 0 saturated carbocycles. The van der Waals surface area contributed by atoms with Gasteiger partial charge in [0.1, 0.15) is 0 Å². The first-order valence-corrected chi connectivity index (χ1v) is 5.79. The van der Waals surface area contributed by atoms with E-state index < -0.39 is 0 Å². The van der Waals surface area contributed by atoms with Crippen LogP contribution in [0.4, 0.5) is 0 Å². The predicted octanol–water partition coefficient (Wildman–Crippen LogP) is 1.41. The molecule has 1 fully saturated rings. The van der Waals surface area contributed by atoms with E-state index in [-0.39, 0.29) is 17.5 Å². The van der Waals surface area contributed by atoms with E-state index in [1.54, 1.807) is 0 Å². The molecule has 1 aliphatic heterocycles.